The van der Waals surface area contributed by atoms with E-state index >= 15 is 0 Å². The molecule has 1 aromatic heterocycles. The van der Waals surface area contributed by atoms with Crippen molar-refractivity contribution in [3.05, 3.63) is 42.0 Å². The smallest absolute Gasteiger partial charge is 0.163 e. The molecule has 0 aliphatic heterocycles. The summed E-state index contributed by atoms with van der Waals surface area (Å²) in [5, 5.41) is 0. The monoisotopic (exact) mass is 227 g/mol. The van der Waals surface area contributed by atoms with E-state index in [2.05, 4.69) is 35.7 Å². The van der Waals surface area contributed by atoms with Gasteiger partial charge in [0.25, 0.3) is 0 Å². The predicted molar refractivity (Wildman–Crippen MR) is 68.7 cm³/mol. The third kappa shape index (κ3) is 2.67. The predicted octanol–water partition coefficient (Wildman–Crippen LogP) is 3.14. The Labute approximate surface area is 102 Å². The Balaban J connectivity index is 2.54. The summed E-state index contributed by atoms with van der Waals surface area (Å²) in [6, 6.07) is 10.0. The van der Waals surface area contributed by atoms with Gasteiger partial charge < -0.3 is 0 Å². The van der Waals surface area contributed by atoms with Crippen molar-refractivity contribution in [2.24, 2.45) is 0 Å². The molecule has 3 heteroatoms. The first kappa shape index (κ1) is 11.7. The van der Waals surface area contributed by atoms with Crippen molar-refractivity contribution in [2.75, 3.05) is 0 Å². The number of benzene rings is 1. The van der Waals surface area contributed by atoms with Crippen molar-refractivity contribution < 1.29 is 0 Å². The summed E-state index contributed by atoms with van der Waals surface area (Å²) in [6.45, 7) is 8.23. The van der Waals surface area contributed by atoms with Crippen molar-refractivity contribution >= 4 is 0 Å². The van der Waals surface area contributed by atoms with Gasteiger partial charge in [-0.15, -0.1) is 0 Å². The average Bonchev–Trinajstić information content (AvgIpc) is 2.28. The Hall–Kier alpha value is -1.77. The van der Waals surface area contributed by atoms with E-state index in [0.717, 1.165) is 23.0 Å². The van der Waals surface area contributed by atoms with Crippen LogP contribution < -0.4 is 0 Å². The number of hydrogen-bond acceptors (Lipinski definition) is 3. The van der Waals surface area contributed by atoms with E-state index in [1.807, 2.05) is 37.3 Å². The summed E-state index contributed by atoms with van der Waals surface area (Å²) in [7, 11) is 0. The van der Waals surface area contributed by atoms with Crippen LogP contribution in [0.1, 0.15) is 32.4 Å². The van der Waals surface area contributed by atoms with Gasteiger partial charge in [0.2, 0.25) is 0 Å². The number of nitrogens with zero attached hydrogens (tertiary/aromatic N) is 3. The topological polar surface area (TPSA) is 38.7 Å². The first-order chi connectivity index (χ1) is 7.97. The Bertz CT molecular complexity index is 513. The van der Waals surface area contributed by atoms with Gasteiger partial charge in [-0.2, -0.15) is 0 Å². The lowest BCUT2D eigenvalue weighted by Gasteiger charge is -2.17. The van der Waals surface area contributed by atoms with Crippen LogP contribution in [0.2, 0.25) is 0 Å². The standard InChI is InChI=1S/C14H17N3/c1-10-15-12(11-8-6-5-7-9-11)17-13(16-10)14(2,3)4/h5-9H,1-4H3. The minimum Gasteiger partial charge on any atom is -0.218 e. The molecule has 3 nitrogen and oxygen atoms in total. The van der Waals surface area contributed by atoms with Crippen molar-refractivity contribution in [1.82, 2.24) is 15.0 Å². The van der Waals surface area contributed by atoms with E-state index in [0.29, 0.717) is 0 Å². The van der Waals surface area contributed by atoms with Gasteiger partial charge in [0.1, 0.15) is 11.6 Å². The van der Waals surface area contributed by atoms with Crippen molar-refractivity contribution in [3.8, 4) is 11.4 Å². The Morgan fingerprint density at radius 1 is 0.882 bits per heavy atom. The Kier molecular flexibility index (Phi) is 2.92. The molecule has 0 spiro atoms. The maximum absolute atomic E-state index is 4.55. The van der Waals surface area contributed by atoms with E-state index in [1.54, 1.807) is 0 Å². The maximum atomic E-state index is 4.55. The highest BCUT2D eigenvalue weighted by Gasteiger charge is 2.19. The second-order valence-corrected chi connectivity index (χ2v) is 5.15. The minimum absolute atomic E-state index is 0.0583. The normalized spacial score (nSPS) is 11.5. The van der Waals surface area contributed by atoms with Gasteiger partial charge in [0.15, 0.2) is 5.82 Å². The zero-order valence-corrected chi connectivity index (χ0v) is 10.7. The third-order valence-electron chi connectivity index (χ3n) is 2.45. The lowest BCUT2D eigenvalue weighted by molar-refractivity contribution is 0.539. The fourth-order valence-electron chi connectivity index (χ4n) is 1.53. The summed E-state index contributed by atoms with van der Waals surface area (Å²) in [5.74, 6) is 2.36. The summed E-state index contributed by atoms with van der Waals surface area (Å²) in [5.41, 5.74) is 0.973. The van der Waals surface area contributed by atoms with Crippen LogP contribution in [0, 0.1) is 6.92 Å². The average molecular weight is 227 g/mol. The molecule has 0 bridgehead atoms. The van der Waals surface area contributed by atoms with Crippen LogP contribution in [-0.2, 0) is 5.41 Å². The molecule has 0 radical (unpaired) electrons. The highest BCUT2D eigenvalue weighted by atomic mass is 15.0. The number of hydrogen-bond donors (Lipinski definition) is 0. The van der Waals surface area contributed by atoms with E-state index in [4.69, 9.17) is 0 Å². The molecule has 0 unspecified atom stereocenters. The third-order valence-corrected chi connectivity index (χ3v) is 2.45. The highest BCUT2D eigenvalue weighted by Crippen LogP contribution is 2.21. The van der Waals surface area contributed by atoms with Gasteiger partial charge in [-0.25, -0.2) is 15.0 Å². The zero-order chi connectivity index (χ0) is 12.5. The van der Waals surface area contributed by atoms with Gasteiger partial charge >= 0.3 is 0 Å². The molecular weight excluding hydrogens is 210 g/mol. The molecule has 0 amide bonds. The minimum atomic E-state index is -0.0583. The summed E-state index contributed by atoms with van der Waals surface area (Å²) in [6.07, 6.45) is 0. The summed E-state index contributed by atoms with van der Waals surface area (Å²) >= 11 is 0. The number of aromatic nitrogens is 3. The van der Waals surface area contributed by atoms with Crippen LogP contribution in [0.25, 0.3) is 11.4 Å². The number of rotatable bonds is 1. The van der Waals surface area contributed by atoms with E-state index in [1.165, 1.54) is 0 Å². The Morgan fingerprint density at radius 2 is 1.53 bits per heavy atom. The van der Waals surface area contributed by atoms with E-state index in [9.17, 15) is 0 Å². The molecule has 0 N–H and O–H groups in total. The van der Waals surface area contributed by atoms with Crippen molar-refractivity contribution in [1.29, 1.82) is 0 Å². The molecule has 1 aromatic carbocycles. The fraction of sp³-hybridized carbons (Fsp3) is 0.357. The van der Waals surface area contributed by atoms with Gasteiger partial charge in [-0.05, 0) is 6.92 Å². The van der Waals surface area contributed by atoms with Crippen molar-refractivity contribution in [3.63, 3.8) is 0 Å². The number of aryl methyl sites for hydroxylation is 1. The highest BCUT2D eigenvalue weighted by molar-refractivity contribution is 5.54. The zero-order valence-electron chi connectivity index (χ0n) is 10.7. The SMILES string of the molecule is Cc1nc(-c2ccccc2)nc(C(C)(C)C)n1. The summed E-state index contributed by atoms with van der Waals surface area (Å²) < 4.78 is 0. The second kappa shape index (κ2) is 4.24. The molecule has 1 heterocycles. The fourth-order valence-corrected chi connectivity index (χ4v) is 1.53. The van der Waals surface area contributed by atoms with Crippen molar-refractivity contribution in [2.45, 2.75) is 33.1 Å². The van der Waals surface area contributed by atoms with Crippen LogP contribution in [-0.4, -0.2) is 15.0 Å². The first-order valence-corrected chi connectivity index (χ1v) is 5.75. The molecule has 0 aliphatic rings. The van der Waals surface area contributed by atoms with Gasteiger partial charge in [-0.3, -0.25) is 0 Å². The van der Waals surface area contributed by atoms with E-state index in [-0.39, 0.29) is 5.41 Å². The lowest BCUT2D eigenvalue weighted by Crippen LogP contribution is -2.18. The maximum Gasteiger partial charge on any atom is 0.163 e. The van der Waals surface area contributed by atoms with Crippen LogP contribution >= 0.6 is 0 Å². The molecular formula is C14H17N3. The van der Waals surface area contributed by atoms with Gasteiger partial charge in [0, 0.05) is 11.0 Å². The molecule has 0 saturated heterocycles. The molecule has 17 heavy (non-hydrogen) atoms. The van der Waals surface area contributed by atoms with E-state index < -0.39 is 0 Å². The Morgan fingerprint density at radius 3 is 2.12 bits per heavy atom. The molecule has 0 fully saturated rings. The van der Waals surface area contributed by atoms with Crippen LogP contribution in [0.3, 0.4) is 0 Å². The molecule has 88 valence electrons. The van der Waals surface area contributed by atoms with Gasteiger partial charge in [-0.1, -0.05) is 51.1 Å². The molecule has 2 rings (SSSR count). The molecule has 2 aromatic rings. The molecule has 0 aliphatic carbocycles. The summed E-state index contributed by atoms with van der Waals surface area (Å²) in [4.78, 5) is 13.4. The lowest BCUT2D eigenvalue weighted by atomic mass is 9.95. The van der Waals surface area contributed by atoms with Crippen LogP contribution in [0.4, 0.5) is 0 Å². The quantitative estimate of drug-likeness (QED) is 0.751. The van der Waals surface area contributed by atoms with Gasteiger partial charge in [0.05, 0.1) is 0 Å². The first-order valence-electron chi connectivity index (χ1n) is 5.75. The van der Waals surface area contributed by atoms with Crippen LogP contribution in [0.15, 0.2) is 30.3 Å². The largest absolute Gasteiger partial charge is 0.218 e. The molecule has 0 saturated carbocycles. The second-order valence-electron chi connectivity index (χ2n) is 5.15. The molecule has 0 atom stereocenters. The van der Waals surface area contributed by atoms with Crippen LogP contribution in [0.5, 0.6) is 0 Å².